The zero-order valence-corrected chi connectivity index (χ0v) is 4.20. The first-order valence-electron chi connectivity index (χ1n) is 1.69. The van der Waals surface area contributed by atoms with Crippen molar-refractivity contribution >= 4 is 17.3 Å². The third-order valence-electron chi connectivity index (χ3n) is 0.520. The van der Waals surface area contributed by atoms with Gasteiger partial charge in [0, 0.05) is 0 Å². The average Bonchev–Trinajstić information content (AvgIpc) is 2.14. The lowest BCUT2D eigenvalue weighted by molar-refractivity contribution is 1.04. The zero-order valence-electron chi connectivity index (χ0n) is 3.38. The second-order valence-electron chi connectivity index (χ2n) is 0.972. The number of rotatable bonds is 0. The van der Waals surface area contributed by atoms with Gasteiger partial charge < -0.3 is 0 Å². The molecular formula is C4HN2S. The standard InChI is InChI=1S/C4HN2S/c5-1-4-2-7-3-6-4/h4H. The van der Waals surface area contributed by atoms with Gasteiger partial charge in [-0.15, -0.1) is 0 Å². The molecule has 0 N–H and O–H groups in total. The Morgan fingerprint density at radius 3 is 3.00 bits per heavy atom. The van der Waals surface area contributed by atoms with Crippen LogP contribution in [0.5, 0.6) is 0 Å². The molecular weight excluding hydrogens is 108 g/mol. The summed E-state index contributed by atoms with van der Waals surface area (Å²) in [5.74, 6) is 2.68. The van der Waals surface area contributed by atoms with Gasteiger partial charge in [-0.3, -0.25) is 4.99 Å². The first-order valence-corrected chi connectivity index (χ1v) is 2.51. The molecule has 1 aliphatic rings. The van der Waals surface area contributed by atoms with Crippen LogP contribution in [0.1, 0.15) is 0 Å². The largest absolute Gasteiger partial charge is 0.255 e. The van der Waals surface area contributed by atoms with Crippen molar-refractivity contribution in [3.63, 3.8) is 0 Å². The predicted molar refractivity (Wildman–Crippen MR) is 27.7 cm³/mol. The van der Waals surface area contributed by atoms with Gasteiger partial charge in [0.25, 0.3) is 0 Å². The topological polar surface area (TPSA) is 36.1 Å². The van der Waals surface area contributed by atoms with Crippen LogP contribution in [0.25, 0.3) is 0 Å². The van der Waals surface area contributed by atoms with E-state index in [1.165, 1.54) is 11.8 Å². The van der Waals surface area contributed by atoms with Crippen molar-refractivity contribution < 1.29 is 0 Å². The van der Waals surface area contributed by atoms with E-state index in [2.05, 4.69) is 16.3 Å². The summed E-state index contributed by atoms with van der Waals surface area (Å²) in [5, 5.41) is 8.11. The number of nitrogens with zero attached hydrogens (tertiary/aromatic N) is 2. The lowest BCUT2D eigenvalue weighted by Crippen LogP contribution is -1.90. The van der Waals surface area contributed by atoms with Crippen LogP contribution in [0.2, 0.25) is 0 Å². The Kier molecular flexibility index (Phi) is 1.32. The molecule has 1 rings (SSSR count). The minimum absolute atomic E-state index is 0.370. The highest BCUT2D eigenvalue weighted by Crippen LogP contribution is 2.14. The Morgan fingerprint density at radius 1 is 1.86 bits per heavy atom. The summed E-state index contributed by atoms with van der Waals surface area (Å²) in [5.41, 5.74) is 2.53. The van der Waals surface area contributed by atoms with E-state index in [9.17, 15) is 0 Å². The maximum Gasteiger partial charge on any atom is 0.156 e. The lowest BCUT2D eigenvalue weighted by Gasteiger charge is -1.82. The van der Waals surface area contributed by atoms with Crippen molar-refractivity contribution in [1.82, 2.24) is 0 Å². The van der Waals surface area contributed by atoms with Gasteiger partial charge in [-0.2, -0.15) is 5.26 Å². The number of nitriles is 1. The van der Waals surface area contributed by atoms with E-state index in [0.29, 0.717) is 0 Å². The molecule has 3 radical (unpaired) electrons. The number of thioether (sulfide) groups is 1. The van der Waals surface area contributed by atoms with Crippen LogP contribution in [-0.4, -0.2) is 11.6 Å². The predicted octanol–water partition coefficient (Wildman–Crippen LogP) is 0.569. The minimum Gasteiger partial charge on any atom is -0.255 e. The maximum absolute atomic E-state index is 8.11. The van der Waals surface area contributed by atoms with E-state index in [1.54, 1.807) is 0 Å². The second-order valence-corrected chi connectivity index (χ2v) is 1.59. The first kappa shape index (κ1) is 4.66. The summed E-state index contributed by atoms with van der Waals surface area (Å²) in [4.78, 5) is 3.59. The Balaban J connectivity index is 2.47. The van der Waals surface area contributed by atoms with Crippen molar-refractivity contribution in [2.45, 2.75) is 6.04 Å². The lowest BCUT2D eigenvalue weighted by atomic mass is 10.4. The Morgan fingerprint density at radius 2 is 2.71 bits per heavy atom. The molecule has 0 amide bonds. The molecule has 0 aromatic rings. The molecule has 0 saturated heterocycles. The van der Waals surface area contributed by atoms with Crippen LogP contribution in [-0.2, 0) is 0 Å². The van der Waals surface area contributed by atoms with Gasteiger partial charge in [0.1, 0.15) is 5.55 Å². The van der Waals surface area contributed by atoms with Crippen LogP contribution in [0.15, 0.2) is 4.99 Å². The first-order chi connectivity index (χ1) is 3.43. The molecule has 0 fully saturated rings. The maximum atomic E-state index is 8.11. The van der Waals surface area contributed by atoms with Crippen LogP contribution >= 0.6 is 11.8 Å². The summed E-state index contributed by atoms with van der Waals surface area (Å²) in [7, 11) is 0. The molecule has 1 atom stereocenters. The summed E-state index contributed by atoms with van der Waals surface area (Å²) in [6.45, 7) is 0. The van der Waals surface area contributed by atoms with Crippen LogP contribution in [0, 0.1) is 17.1 Å². The summed E-state index contributed by atoms with van der Waals surface area (Å²) in [6.07, 6.45) is 0. The van der Waals surface area contributed by atoms with E-state index < -0.39 is 0 Å². The van der Waals surface area contributed by atoms with Crippen molar-refractivity contribution in [1.29, 1.82) is 5.26 Å². The van der Waals surface area contributed by atoms with E-state index in [-0.39, 0.29) is 6.04 Å². The Hall–Kier alpha value is -0.490. The van der Waals surface area contributed by atoms with Gasteiger partial charge >= 0.3 is 0 Å². The molecule has 3 heteroatoms. The van der Waals surface area contributed by atoms with Gasteiger partial charge in [-0.1, -0.05) is 11.8 Å². The molecule has 0 aromatic heterocycles. The molecule has 1 heterocycles. The van der Waals surface area contributed by atoms with E-state index in [4.69, 9.17) is 5.26 Å². The molecule has 1 unspecified atom stereocenters. The quantitative estimate of drug-likeness (QED) is 0.456. The highest BCUT2D eigenvalue weighted by molar-refractivity contribution is 8.14. The monoisotopic (exact) mass is 109 g/mol. The molecule has 2 nitrogen and oxygen atoms in total. The molecule has 0 aliphatic carbocycles. The number of hydrogen-bond acceptors (Lipinski definition) is 3. The van der Waals surface area contributed by atoms with Gasteiger partial charge in [0.2, 0.25) is 0 Å². The fraction of sp³-hybridized carbons (Fsp3) is 0.250. The van der Waals surface area contributed by atoms with Crippen molar-refractivity contribution in [2.75, 3.05) is 0 Å². The number of aliphatic imine (C=N–C) groups is 1. The smallest absolute Gasteiger partial charge is 0.156 e. The molecule has 0 aromatic carbocycles. The van der Waals surface area contributed by atoms with Gasteiger partial charge in [0.05, 0.1) is 11.8 Å². The van der Waals surface area contributed by atoms with Crippen LogP contribution < -0.4 is 0 Å². The molecule has 0 saturated carbocycles. The van der Waals surface area contributed by atoms with Gasteiger partial charge in [0.15, 0.2) is 6.04 Å². The summed E-state index contributed by atoms with van der Waals surface area (Å²) < 4.78 is 0. The normalized spacial score (nSPS) is 27.6. The summed E-state index contributed by atoms with van der Waals surface area (Å²) in [6, 6.07) is 1.53. The Labute approximate surface area is 46.2 Å². The third-order valence-corrected chi connectivity index (χ3v) is 1.06. The molecule has 33 valence electrons. The summed E-state index contributed by atoms with van der Waals surface area (Å²) >= 11 is 1.22. The zero-order chi connectivity index (χ0) is 5.11. The SMILES string of the molecule is N#CC1[C]S[C]=N1. The van der Waals surface area contributed by atoms with Crippen molar-refractivity contribution in [3.05, 3.63) is 5.75 Å². The van der Waals surface area contributed by atoms with Gasteiger partial charge in [-0.25, -0.2) is 0 Å². The Bertz CT molecular complexity index is 124. The molecule has 1 aliphatic heterocycles. The average molecular weight is 109 g/mol. The van der Waals surface area contributed by atoms with Crippen molar-refractivity contribution in [2.24, 2.45) is 4.99 Å². The van der Waals surface area contributed by atoms with E-state index in [0.717, 1.165) is 0 Å². The van der Waals surface area contributed by atoms with Crippen molar-refractivity contribution in [3.8, 4) is 6.07 Å². The van der Waals surface area contributed by atoms with Gasteiger partial charge in [-0.05, 0) is 0 Å². The third kappa shape index (κ3) is 0.937. The van der Waals surface area contributed by atoms with Crippen LogP contribution in [0.4, 0.5) is 0 Å². The van der Waals surface area contributed by atoms with Crippen LogP contribution in [0.3, 0.4) is 0 Å². The van der Waals surface area contributed by atoms with E-state index in [1.807, 2.05) is 6.07 Å². The highest BCUT2D eigenvalue weighted by atomic mass is 32.2. The highest BCUT2D eigenvalue weighted by Gasteiger charge is 2.09. The minimum atomic E-state index is -0.370. The fourth-order valence-electron chi connectivity index (χ4n) is 0.243. The molecule has 7 heavy (non-hydrogen) atoms. The molecule has 0 spiro atoms. The molecule has 0 bridgehead atoms. The van der Waals surface area contributed by atoms with E-state index >= 15 is 0 Å². The second kappa shape index (κ2) is 1.99. The fourth-order valence-corrected chi connectivity index (χ4v) is 0.671. The number of hydrogen-bond donors (Lipinski definition) is 0.